The Morgan fingerprint density at radius 2 is 2.00 bits per heavy atom. The molecule has 0 aromatic heterocycles. The molecule has 1 atom stereocenters. The zero-order valence-electron chi connectivity index (χ0n) is 15.4. The normalized spacial score (nSPS) is 17.1. The fourth-order valence-corrected chi connectivity index (χ4v) is 3.60. The van der Waals surface area contributed by atoms with E-state index >= 15 is 0 Å². The summed E-state index contributed by atoms with van der Waals surface area (Å²) in [6.45, 7) is 3.41. The van der Waals surface area contributed by atoms with Crippen LogP contribution in [0.25, 0.3) is 0 Å². The topological polar surface area (TPSA) is 49.8 Å². The summed E-state index contributed by atoms with van der Waals surface area (Å²) < 4.78 is 5.94. The van der Waals surface area contributed by atoms with Crippen molar-refractivity contribution in [2.75, 3.05) is 6.54 Å². The Morgan fingerprint density at radius 1 is 1.19 bits per heavy atom. The van der Waals surface area contributed by atoms with Crippen LogP contribution in [0.1, 0.15) is 43.7 Å². The molecule has 2 aromatic carbocycles. The molecule has 2 aromatic rings. The number of aromatic hydroxyl groups is 1. The zero-order chi connectivity index (χ0) is 18.4. The number of rotatable bonds is 6. The van der Waals surface area contributed by atoms with Crippen molar-refractivity contribution < 1.29 is 14.6 Å². The van der Waals surface area contributed by atoms with E-state index in [0.717, 1.165) is 36.9 Å². The molecule has 1 amide bonds. The molecule has 0 bridgehead atoms. The predicted octanol–water partition coefficient (Wildman–Crippen LogP) is 4.30. The maximum atomic E-state index is 12.9. The first kappa shape index (κ1) is 18.3. The van der Waals surface area contributed by atoms with Gasteiger partial charge in [0, 0.05) is 18.2 Å². The van der Waals surface area contributed by atoms with Crippen molar-refractivity contribution in [3.05, 3.63) is 59.7 Å². The molecule has 26 heavy (non-hydrogen) atoms. The summed E-state index contributed by atoms with van der Waals surface area (Å²) in [6.07, 6.45) is 4.59. The van der Waals surface area contributed by atoms with E-state index in [1.54, 1.807) is 18.2 Å². The van der Waals surface area contributed by atoms with Gasteiger partial charge in [0.2, 0.25) is 5.91 Å². The van der Waals surface area contributed by atoms with Gasteiger partial charge in [-0.25, -0.2) is 0 Å². The first-order valence-corrected chi connectivity index (χ1v) is 9.45. The molecule has 138 valence electrons. The van der Waals surface area contributed by atoms with Crippen LogP contribution in [-0.2, 0) is 17.8 Å². The van der Waals surface area contributed by atoms with Gasteiger partial charge < -0.3 is 14.7 Å². The quantitative estimate of drug-likeness (QED) is 0.842. The van der Waals surface area contributed by atoms with E-state index in [1.165, 1.54) is 6.42 Å². The molecule has 0 spiro atoms. The highest BCUT2D eigenvalue weighted by Crippen LogP contribution is 2.27. The van der Waals surface area contributed by atoms with E-state index in [1.807, 2.05) is 35.2 Å². The lowest BCUT2D eigenvalue weighted by atomic mass is 9.98. The molecule has 1 aliphatic rings. The highest BCUT2D eigenvalue weighted by atomic mass is 16.5. The number of piperidine rings is 1. The molecule has 1 fully saturated rings. The van der Waals surface area contributed by atoms with Gasteiger partial charge in [-0.15, -0.1) is 0 Å². The highest BCUT2D eigenvalue weighted by molar-refractivity contribution is 5.80. The molecule has 0 aliphatic carbocycles. The number of hydrogen-bond donors (Lipinski definition) is 1. The van der Waals surface area contributed by atoms with Crippen molar-refractivity contribution in [2.24, 2.45) is 0 Å². The Labute approximate surface area is 155 Å². The van der Waals surface area contributed by atoms with Crippen molar-refractivity contribution in [2.45, 2.75) is 51.7 Å². The second-order valence-electron chi connectivity index (χ2n) is 6.89. The van der Waals surface area contributed by atoms with Crippen molar-refractivity contribution in [1.82, 2.24) is 4.90 Å². The molecule has 1 N–H and O–H groups in total. The molecule has 1 aliphatic heterocycles. The monoisotopic (exact) mass is 353 g/mol. The third kappa shape index (κ3) is 4.57. The van der Waals surface area contributed by atoms with Crippen molar-refractivity contribution >= 4 is 5.91 Å². The number of carbonyl (C=O) groups excluding carboxylic acids is 1. The lowest BCUT2D eigenvalue weighted by Crippen LogP contribution is -2.44. The average Bonchev–Trinajstić information content (AvgIpc) is 2.68. The third-order valence-corrected chi connectivity index (χ3v) is 5.04. The number of benzene rings is 2. The number of amides is 1. The van der Waals surface area contributed by atoms with Crippen LogP contribution in [0.5, 0.6) is 11.5 Å². The van der Waals surface area contributed by atoms with Crippen LogP contribution < -0.4 is 4.74 Å². The van der Waals surface area contributed by atoms with Crippen LogP contribution in [0, 0.1) is 0 Å². The van der Waals surface area contributed by atoms with Crippen LogP contribution in [0.2, 0.25) is 0 Å². The summed E-state index contributed by atoms with van der Waals surface area (Å²) in [5, 5.41) is 9.86. The second-order valence-corrected chi connectivity index (χ2v) is 6.89. The Bertz CT molecular complexity index is 729. The molecular formula is C22H27NO3. The van der Waals surface area contributed by atoms with Crippen LogP contribution in [0.15, 0.2) is 48.5 Å². The minimum atomic E-state index is 0.117. The Hall–Kier alpha value is -2.49. The lowest BCUT2D eigenvalue weighted by Gasteiger charge is -2.35. The predicted molar refractivity (Wildman–Crippen MR) is 102 cm³/mol. The molecular weight excluding hydrogens is 326 g/mol. The van der Waals surface area contributed by atoms with Gasteiger partial charge in [-0.05, 0) is 49.4 Å². The van der Waals surface area contributed by atoms with Gasteiger partial charge in [0.15, 0.2) is 0 Å². The van der Waals surface area contributed by atoms with E-state index in [4.69, 9.17) is 4.74 Å². The van der Waals surface area contributed by atoms with Gasteiger partial charge in [0.25, 0.3) is 0 Å². The number of hydrogen-bond acceptors (Lipinski definition) is 3. The number of likely N-dealkylation sites (tertiary alicyclic amines) is 1. The van der Waals surface area contributed by atoms with Crippen molar-refractivity contribution in [1.29, 1.82) is 0 Å². The summed E-state index contributed by atoms with van der Waals surface area (Å²) in [4.78, 5) is 14.9. The van der Waals surface area contributed by atoms with Crippen LogP contribution in [-0.4, -0.2) is 28.5 Å². The van der Waals surface area contributed by atoms with Crippen LogP contribution >= 0.6 is 0 Å². The summed E-state index contributed by atoms with van der Waals surface area (Å²) in [7, 11) is 0. The molecule has 1 heterocycles. The van der Waals surface area contributed by atoms with E-state index in [9.17, 15) is 9.90 Å². The smallest absolute Gasteiger partial charge is 0.227 e. The Kier molecular flexibility index (Phi) is 6.16. The fourth-order valence-electron chi connectivity index (χ4n) is 3.60. The highest BCUT2D eigenvalue weighted by Gasteiger charge is 2.26. The minimum absolute atomic E-state index is 0.117. The van der Waals surface area contributed by atoms with Crippen LogP contribution in [0.3, 0.4) is 0 Å². The van der Waals surface area contributed by atoms with Gasteiger partial charge in [-0.1, -0.05) is 37.3 Å². The van der Waals surface area contributed by atoms with E-state index in [2.05, 4.69) is 6.92 Å². The number of nitrogens with zero attached hydrogens (tertiary/aromatic N) is 1. The van der Waals surface area contributed by atoms with E-state index in [-0.39, 0.29) is 18.1 Å². The summed E-state index contributed by atoms with van der Waals surface area (Å²) in [5.74, 6) is 0.933. The van der Waals surface area contributed by atoms with Crippen LogP contribution in [0.4, 0.5) is 0 Å². The van der Waals surface area contributed by atoms with Crippen molar-refractivity contribution in [3.8, 4) is 11.5 Å². The molecule has 4 nitrogen and oxygen atoms in total. The summed E-state index contributed by atoms with van der Waals surface area (Å²) in [5.41, 5.74) is 1.81. The number of phenols is 1. The molecule has 0 radical (unpaired) electrons. The van der Waals surface area contributed by atoms with E-state index < -0.39 is 0 Å². The maximum absolute atomic E-state index is 12.9. The van der Waals surface area contributed by atoms with E-state index in [0.29, 0.717) is 18.4 Å². The molecule has 4 heteroatoms. The van der Waals surface area contributed by atoms with Gasteiger partial charge in [-0.3, -0.25) is 4.79 Å². The maximum Gasteiger partial charge on any atom is 0.227 e. The van der Waals surface area contributed by atoms with Gasteiger partial charge in [-0.2, -0.15) is 0 Å². The first-order valence-electron chi connectivity index (χ1n) is 9.45. The largest absolute Gasteiger partial charge is 0.508 e. The summed E-state index contributed by atoms with van der Waals surface area (Å²) >= 11 is 0. The average molecular weight is 353 g/mol. The Balaban J connectivity index is 1.72. The third-order valence-electron chi connectivity index (χ3n) is 5.04. The van der Waals surface area contributed by atoms with Gasteiger partial charge >= 0.3 is 0 Å². The molecule has 1 unspecified atom stereocenters. The lowest BCUT2D eigenvalue weighted by molar-refractivity contribution is -0.134. The Morgan fingerprint density at radius 3 is 2.77 bits per heavy atom. The SMILES string of the molecule is CCC1CCCCN1C(=O)Cc1cc(O)ccc1OCc1ccccc1. The zero-order valence-corrected chi connectivity index (χ0v) is 15.4. The molecule has 3 rings (SSSR count). The molecule has 1 saturated heterocycles. The second kappa shape index (κ2) is 8.75. The minimum Gasteiger partial charge on any atom is -0.508 e. The first-order chi connectivity index (χ1) is 12.7. The van der Waals surface area contributed by atoms with Crippen molar-refractivity contribution in [3.63, 3.8) is 0 Å². The standard InChI is InChI=1S/C22H27NO3/c1-2-19-10-6-7-13-23(19)22(25)15-18-14-20(24)11-12-21(18)26-16-17-8-4-3-5-9-17/h3-5,8-9,11-12,14,19,24H,2,6-7,10,13,15-16H2,1H3. The summed E-state index contributed by atoms with van der Waals surface area (Å²) in [6, 6.07) is 15.2. The van der Waals surface area contributed by atoms with Gasteiger partial charge in [0.05, 0.1) is 6.42 Å². The van der Waals surface area contributed by atoms with Gasteiger partial charge in [0.1, 0.15) is 18.1 Å². The molecule has 0 saturated carbocycles. The number of carbonyl (C=O) groups is 1. The number of phenolic OH excluding ortho intramolecular Hbond substituents is 1. The fraction of sp³-hybridized carbons (Fsp3) is 0.409. The number of ether oxygens (including phenoxy) is 1.